The van der Waals surface area contributed by atoms with E-state index >= 15 is 0 Å². The van der Waals surface area contributed by atoms with Crippen molar-refractivity contribution >= 4 is 22.8 Å². The maximum Gasteiger partial charge on any atom is 0.410 e. The van der Waals surface area contributed by atoms with Gasteiger partial charge in [-0.1, -0.05) is 18.2 Å². The van der Waals surface area contributed by atoms with Gasteiger partial charge in [-0.2, -0.15) is 5.10 Å². The van der Waals surface area contributed by atoms with E-state index in [0.717, 1.165) is 5.39 Å². The Balaban J connectivity index is 1.44. The van der Waals surface area contributed by atoms with Gasteiger partial charge in [-0.15, -0.1) is 0 Å². The lowest BCUT2D eigenvalue weighted by Crippen LogP contribution is -2.49. The Morgan fingerprint density at radius 3 is 2.65 bits per heavy atom. The minimum atomic E-state index is -0.485. The molecule has 0 bridgehead atoms. The number of carbonyl (C=O) groups excluding carboxylic acids is 2. The molecule has 0 atom stereocenters. The molecule has 0 unspecified atom stereocenters. The average molecular weight is 356 g/mol. The number of fused-ring (bicyclic) bond motifs is 1. The Morgan fingerprint density at radius 2 is 1.96 bits per heavy atom. The van der Waals surface area contributed by atoms with Gasteiger partial charge < -0.3 is 14.5 Å². The zero-order valence-electron chi connectivity index (χ0n) is 14.6. The van der Waals surface area contributed by atoms with E-state index in [1.807, 2.05) is 12.1 Å². The molecule has 1 aromatic carbocycles. The van der Waals surface area contributed by atoms with Crippen molar-refractivity contribution in [3.63, 3.8) is 0 Å². The summed E-state index contributed by atoms with van der Waals surface area (Å²) in [5.74, 6) is -0.151. The van der Waals surface area contributed by atoms with Crippen molar-refractivity contribution in [1.82, 2.24) is 19.6 Å². The van der Waals surface area contributed by atoms with Gasteiger partial charge in [0, 0.05) is 38.4 Å². The van der Waals surface area contributed by atoms with Gasteiger partial charge in [-0.25, -0.2) is 9.48 Å². The summed E-state index contributed by atoms with van der Waals surface area (Å²) in [5.41, 5.74) is -0.753. The summed E-state index contributed by atoms with van der Waals surface area (Å²) >= 11 is 0. The highest BCUT2D eigenvalue weighted by Crippen LogP contribution is 2.32. The molecule has 2 aliphatic heterocycles. The van der Waals surface area contributed by atoms with Crippen LogP contribution in [0.1, 0.15) is 12.8 Å². The molecule has 8 heteroatoms. The van der Waals surface area contributed by atoms with Gasteiger partial charge in [0.1, 0.15) is 12.1 Å². The molecule has 2 aliphatic rings. The molecule has 0 aliphatic carbocycles. The number of carbonyl (C=O) groups is 2. The summed E-state index contributed by atoms with van der Waals surface area (Å²) in [6.07, 6.45) is 2.50. The largest absolute Gasteiger partial charge is 0.441 e. The number of nitrogens with zero attached hydrogens (tertiary/aromatic N) is 4. The minimum absolute atomic E-state index is 0.0869. The van der Waals surface area contributed by atoms with E-state index < -0.39 is 5.60 Å². The molecule has 0 radical (unpaired) electrons. The molecule has 1 spiro atoms. The van der Waals surface area contributed by atoms with Crippen molar-refractivity contribution in [1.29, 1.82) is 0 Å². The number of rotatable bonds is 2. The normalized spacial score (nSPS) is 19.2. The number of aromatic nitrogens is 2. The number of amides is 2. The molecule has 8 nitrogen and oxygen atoms in total. The fourth-order valence-electron chi connectivity index (χ4n) is 3.68. The van der Waals surface area contributed by atoms with E-state index in [9.17, 15) is 14.4 Å². The Bertz CT molecular complexity index is 930. The minimum Gasteiger partial charge on any atom is -0.441 e. The molecular weight excluding hydrogens is 336 g/mol. The highest BCUT2D eigenvalue weighted by molar-refractivity contribution is 5.81. The first-order valence-electron chi connectivity index (χ1n) is 8.64. The maximum atomic E-state index is 12.6. The quantitative estimate of drug-likeness (QED) is 0.796. The second kappa shape index (κ2) is 6.12. The van der Waals surface area contributed by atoms with Crippen LogP contribution in [0.3, 0.4) is 0 Å². The number of benzene rings is 1. The third kappa shape index (κ3) is 2.81. The van der Waals surface area contributed by atoms with Gasteiger partial charge in [0.2, 0.25) is 5.91 Å². The van der Waals surface area contributed by atoms with Gasteiger partial charge in [0.15, 0.2) is 0 Å². The monoisotopic (exact) mass is 356 g/mol. The molecule has 1 aromatic heterocycles. The van der Waals surface area contributed by atoms with Gasteiger partial charge in [0.05, 0.1) is 18.1 Å². The first-order valence-corrected chi connectivity index (χ1v) is 8.64. The third-order valence-electron chi connectivity index (χ3n) is 5.22. The SMILES string of the molecule is CN1CC2(CCN(C(=O)Cn3ncc4ccccc4c3=O)CC2)OC1=O. The molecule has 2 fully saturated rings. The highest BCUT2D eigenvalue weighted by atomic mass is 16.6. The second-order valence-corrected chi connectivity index (χ2v) is 6.98. The smallest absolute Gasteiger partial charge is 0.410 e. The van der Waals surface area contributed by atoms with Crippen molar-refractivity contribution in [3.05, 3.63) is 40.8 Å². The summed E-state index contributed by atoms with van der Waals surface area (Å²) in [4.78, 5) is 40.0. The molecule has 2 amide bonds. The molecule has 136 valence electrons. The lowest BCUT2D eigenvalue weighted by atomic mass is 9.91. The standard InChI is InChI=1S/C18H20N4O4/c1-20-12-18(26-17(20)25)6-8-21(9-7-18)15(23)11-22-16(24)14-5-3-2-4-13(14)10-19-22/h2-5,10H,6-9,11-12H2,1H3. The Labute approximate surface area is 149 Å². The zero-order chi connectivity index (χ0) is 18.3. The summed E-state index contributed by atoms with van der Waals surface area (Å²) in [6, 6.07) is 7.19. The predicted octanol–water partition coefficient (Wildman–Crippen LogP) is 0.840. The van der Waals surface area contributed by atoms with Crippen LogP contribution in [0.15, 0.2) is 35.3 Å². The molecule has 0 N–H and O–H groups in total. The van der Waals surface area contributed by atoms with Gasteiger partial charge >= 0.3 is 6.09 Å². The van der Waals surface area contributed by atoms with E-state index in [-0.39, 0.29) is 24.1 Å². The lowest BCUT2D eigenvalue weighted by Gasteiger charge is -2.37. The topological polar surface area (TPSA) is 84.7 Å². The van der Waals surface area contributed by atoms with E-state index in [2.05, 4.69) is 5.10 Å². The van der Waals surface area contributed by atoms with E-state index in [1.165, 1.54) is 4.68 Å². The Hall–Kier alpha value is -2.90. The second-order valence-electron chi connectivity index (χ2n) is 6.98. The van der Waals surface area contributed by atoms with Crippen LogP contribution in [-0.4, -0.2) is 63.9 Å². The molecular formula is C18H20N4O4. The fourth-order valence-corrected chi connectivity index (χ4v) is 3.68. The van der Waals surface area contributed by atoms with Crippen molar-refractivity contribution in [3.8, 4) is 0 Å². The fraction of sp³-hybridized carbons (Fsp3) is 0.444. The van der Waals surface area contributed by atoms with Crippen LogP contribution in [0.25, 0.3) is 10.8 Å². The molecule has 0 saturated carbocycles. The van der Waals surface area contributed by atoms with Crippen molar-refractivity contribution in [2.45, 2.75) is 25.0 Å². The van der Waals surface area contributed by atoms with Crippen LogP contribution in [0, 0.1) is 0 Å². The lowest BCUT2D eigenvalue weighted by molar-refractivity contribution is -0.135. The van der Waals surface area contributed by atoms with E-state index in [1.54, 1.807) is 35.2 Å². The molecule has 4 rings (SSSR count). The van der Waals surface area contributed by atoms with Gasteiger partial charge in [0.25, 0.3) is 5.56 Å². The number of hydrogen-bond donors (Lipinski definition) is 0. The summed E-state index contributed by atoms with van der Waals surface area (Å²) in [7, 11) is 1.71. The third-order valence-corrected chi connectivity index (χ3v) is 5.22. The predicted molar refractivity (Wildman–Crippen MR) is 93.7 cm³/mol. The molecule has 2 saturated heterocycles. The average Bonchev–Trinajstić information content (AvgIpc) is 2.91. The van der Waals surface area contributed by atoms with Gasteiger partial charge in [-0.3, -0.25) is 9.59 Å². The molecule has 2 aromatic rings. The Kier molecular flexibility index (Phi) is 3.90. The van der Waals surface area contributed by atoms with Crippen molar-refractivity contribution < 1.29 is 14.3 Å². The van der Waals surface area contributed by atoms with Crippen molar-refractivity contribution in [2.75, 3.05) is 26.7 Å². The van der Waals surface area contributed by atoms with Crippen LogP contribution in [0.2, 0.25) is 0 Å². The van der Waals surface area contributed by atoms with Crippen LogP contribution >= 0.6 is 0 Å². The summed E-state index contributed by atoms with van der Waals surface area (Å²) in [5, 5.41) is 5.42. The van der Waals surface area contributed by atoms with Crippen LogP contribution in [-0.2, 0) is 16.1 Å². The summed E-state index contributed by atoms with van der Waals surface area (Å²) < 4.78 is 6.70. The first-order chi connectivity index (χ1) is 12.5. The molecule has 3 heterocycles. The van der Waals surface area contributed by atoms with Crippen LogP contribution in [0.4, 0.5) is 4.79 Å². The van der Waals surface area contributed by atoms with Crippen LogP contribution < -0.4 is 5.56 Å². The maximum absolute atomic E-state index is 12.6. The number of ether oxygens (including phenoxy) is 1. The van der Waals surface area contributed by atoms with E-state index in [0.29, 0.717) is 37.9 Å². The van der Waals surface area contributed by atoms with Crippen LogP contribution in [0.5, 0.6) is 0 Å². The molecule has 26 heavy (non-hydrogen) atoms. The number of likely N-dealkylation sites (N-methyl/N-ethyl adjacent to an activating group) is 1. The number of likely N-dealkylation sites (tertiary alicyclic amines) is 1. The summed E-state index contributed by atoms with van der Waals surface area (Å²) in [6.45, 7) is 1.47. The van der Waals surface area contributed by atoms with E-state index in [4.69, 9.17) is 4.74 Å². The Morgan fingerprint density at radius 1 is 1.23 bits per heavy atom. The van der Waals surface area contributed by atoms with Crippen molar-refractivity contribution in [2.24, 2.45) is 0 Å². The number of piperidine rings is 1. The first kappa shape index (κ1) is 16.6. The van der Waals surface area contributed by atoms with Gasteiger partial charge in [-0.05, 0) is 6.07 Å². The highest BCUT2D eigenvalue weighted by Gasteiger charge is 2.46. The zero-order valence-corrected chi connectivity index (χ0v) is 14.6. The number of hydrogen-bond acceptors (Lipinski definition) is 5.